The molecule has 0 fully saturated rings. The molecule has 0 aliphatic carbocycles. The predicted octanol–water partition coefficient (Wildman–Crippen LogP) is 3.04. The van der Waals surface area contributed by atoms with Crippen LogP contribution in [-0.4, -0.2) is 16.4 Å². The van der Waals surface area contributed by atoms with E-state index in [1.165, 1.54) is 23.5 Å². The number of rotatable bonds is 6. The van der Waals surface area contributed by atoms with Gasteiger partial charge in [0.15, 0.2) is 6.61 Å². The van der Waals surface area contributed by atoms with Crippen LogP contribution in [0.25, 0.3) is 0 Å². The van der Waals surface area contributed by atoms with Crippen molar-refractivity contribution in [3.63, 3.8) is 0 Å². The lowest BCUT2D eigenvalue weighted by atomic mass is 10.1. The fourth-order valence-electron chi connectivity index (χ4n) is 1.54. The fraction of sp³-hybridized carbons (Fsp3) is 0.133. The molecule has 0 amide bonds. The van der Waals surface area contributed by atoms with E-state index in [0.717, 1.165) is 5.56 Å². The number of oxime groups is 1. The zero-order valence-corrected chi connectivity index (χ0v) is 13.3. The van der Waals surface area contributed by atoms with Gasteiger partial charge in [0.25, 0.3) is 5.71 Å². The van der Waals surface area contributed by atoms with Crippen molar-refractivity contribution in [2.45, 2.75) is 13.5 Å². The van der Waals surface area contributed by atoms with Gasteiger partial charge in [-0.15, -0.1) is 11.3 Å². The Morgan fingerprint density at radius 3 is 2.71 bits per heavy atom. The van der Waals surface area contributed by atoms with Crippen LogP contribution in [0, 0.1) is 28.5 Å². The predicted molar refractivity (Wildman–Crippen MR) is 87.8 cm³/mol. The van der Waals surface area contributed by atoms with E-state index in [2.05, 4.69) is 20.7 Å². The summed E-state index contributed by atoms with van der Waals surface area (Å²) < 4.78 is 12.9. The molecular weight excluding hydrogens is 331 g/mol. The number of thiazole rings is 1. The van der Waals surface area contributed by atoms with Crippen molar-refractivity contribution in [2.75, 3.05) is 5.43 Å². The van der Waals surface area contributed by atoms with Crippen molar-refractivity contribution in [3.8, 4) is 12.1 Å². The second-order valence-corrected chi connectivity index (χ2v) is 5.25. The molecule has 1 aromatic heterocycles. The number of hydrogen-bond donors (Lipinski definition) is 1. The monoisotopic (exact) mass is 342 g/mol. The minimum Gasteiger partial charge on any atom is -0.388 e. The third-order valence-electron chi connectivity index (χ3n) is 2.71. The first-order valence-corrected chi connectivity index (χ1v) is 7.51. The van der Waals surface area contributed by atoms with Gasteiger partial charge in [-0.25, -0.2) is 9.37 Å². The number of halogens is 1. The van der Waals surface area contributed by atoms with E-state index in [1.807, 2.05) is 0 Å². The van der Waals surface area contributed by atoms with Crippen molar-refractivity contribution in [1.29, 1.82) is 10.5 Å². The van der Waals surface area contributed by atoms with E-state index < -0.39 is 0 Å². The van der Waals surface area contributed by atoms with Crippen LogP contribution < -0.4 is 5.43 Å². The van der Waals surface area contributed by atoms with Crippen LogP contribution in [0.2, 0.25) is 0 Å². The van der Waals surface area contributed by atoms with Crippen molar-refractivity contribution < 1.29 is 9.23 Å². The van der Waals surface area contributed by atoms with Crippen LogP contribution in [0.3, 0.4) is 0 Å². The van der Waals surface area contributed by atoms with Crippen LogP contribution in [0.4, 0.5) is 9.52 Å². The van der Waals surface area contributed by atoms with Gasteiger partial charge in [-0.1, -0.05) is 17.3 Å². The zero-order chi connectivity index (χ0) is 17.4. The number of nitrogens with one attached hydrogen (secondary N) is 1. The van der Waals surface area contributed by atoms with Gasteiger partial charge in [0.2, 0.25) is 5.13 Å². The molecule has 0 saturated carbocycles. The molecule has 0 atom stereocenters. The lowest BCUT2D eigenvalue weighted by Crippen LogP contribution is -2.00. The highest BCUT2D eigenvalue weighted by molar-refractivity contribution is 7.13. The first kappa shape index (κ1) is 17.1. The van der Waals surface area contributed by atoms with Crippen LogP contribution in [0.1, 0.15) is 18.2 Å². The van der Waals surface area contributed by atoms with Crippen LogP contribution >= 0.6 is 11.3 Å². The van der Waals surface area contributed by atoms with Crippen LogP contribution in [0.15, 0.2) is 39.9 Å². The Morgan fingerprint density at radius 1 is 1.33 bits per heavy atom. The molecule has 9 heteroatoms. The van der Waals surface area contributed by atoms with Gasteiger partial charge in [0, 0.05) is 5.38 Å². The molecule has 0 radical (unpaired) electrons. The van der Waals surface area contributed by atoms with E-state index in [-0.39, 0.29) is 18.1 Å². The molecule has 1 aromatic carbocycles. The largest absolute Gasteiger partial charge is 0.388 e. The Balaban J connectivity index is 1.93. The Bertz CT molecular complexity index is 828. The first-order chi connectivity index (χ1) is 11.6. The summed E-state index contributed by atoms with van der Waals surface area (Å²) in [5.41, 5.74) is 4.50. The number of aromatic nitrogens is 1. The third-order valence-corrected chi connectivity index (χ3v) is 3.51. The molecule has 2 rings (SSSR count). The molecule has 2 aromatic rings. The molecule has 24 heavy (non-hydrogen) atoms. The highest BCUT2D eigenvalue weighted by Gasteiger charge is 2.03. The average Bonchev–Trinajstić information content (AvgIpc) is 3.05. The van der Waals surface area contributed by atoms with Gasteiger partial charge in [-0.05, 0) is 24.6 Å². The summed E-state index contributed by atoms with van der Waals surface area (Å²) in [6.45, 7) is 1.82. The summed E-state index contributed by atoms with van der Waals surface area (Å²) in [5.74, 6) is -0.303. The Morgan fingerprint density at radius 2 is 2.04 bits per heavy atom. The van der Waals surface area contributed by atoms with Crippen LogP contribution in [-0.2, 0) is 11.4 Å². The third kappa shape index (κ3) is 4.87. The van der Waals surface area contributed by atoms with Gasteiger partial charge in [0.1, 0.15) is 18.0 Å². The quantitative estimate of drug-likeness (QED) is 0.641. The molecule has 120 valence electrons. The Labute approximate surface area is 141 Å². The molecular formula is C15H11FN6OS. The maximum atomic E-state index is 12.9. The summed E-state index contributed by atoms with van der Waals surface area (Å²) in [6, 6.07) is 9.18. The second kappa shape index (κ2) is 8.36. The average molecular weight is 342 g/mol. The normalized spacial score (nSPS) is 10.4. The van der Waals surface area contributed by atoms with Gasteiger partial charge in [0.05, 0.1) is 11.4 Å². The lowest BCUT2D eigenvalue weighted by molar-refractivity contribution is 0.129. The molecule has 7 nitrogen and oxygen atoms in total. The maximum Gasteiger partial charge on any atom is 0.256 e. The van der Waals surface area contributed by atoms with Crippen molar-refractivity contribution in [2.24, 2.45) is 10.3 Å². The summed E-state index contributed by atoms with van der Waals surface area (Å²) in [7, 11) is 0. The Hall–Kier alpha value is -3.30. The number of hydrazone groups is 1. The summed E-state index contributed by atoms with van der Waals surface area (Å²) in [4.78, 5) is 9.09. The minimum absolute atomic E-state index is 0.0334. The Kier molecular flexibility index (Phi) is 5.95. The molecule has 0 aliphatic rings. The maximum absolute atomic E-state index is 12.9. The molecule has 0 saturated heterocycles. The SMILES string of the molecule is C/C(=N\Nc1nc(CON=C(C#N)C#N)cs1)c1ccc(F)cc1. The zero-order valence-electron chi connectivity index (χ0n) is 12.5. The summed E-state index contributed by atoms with van der Waals surface area (Å²) in [6.07, 6.45) is 0. The van der Waals surface area contributed by atoms with E-state index in [4.69, 9.17) is 15.4 Å². The van der Waals surface area contributed by atoms with Gasteiger partial charge in [-0.3, -0.25) is 5.43 Å². The van der Waals surface area contributed by atoms with E-state index >= 15 is 0 Å². The van der Waals surface area contributed by atoms with Gasteiger partial charge < -0.3 is 4.84 Å². The molecule has 0 aliphatic heterocycles. The standard InChI is InChI=1S/C15H11FN6OS/c1-10(11-2-4-12(16)5-3-11)20-21-15-19-14(9-24-15)8-23-22-13(6-17)7-18/h2-5,9H,8H2,1H3,(H,19,21)/b20-10+. The molecule has 0 spiro atoms. The summed E-state index contributed by atoms with van der Waals surface area (Å²) in [5, 5.41) is 26.9. The lowest BCUT2D eigenvalue weighted by Gasteiger charge is -2.01. The first-order valence-electron chi connectivity index (χ1n) is 6.63. The van der Waals surface area contributed by atoms with Crippen molar-refractivity contribution in [1.82, 2.24) is 4.98 Å². The van der Waals surface area contributed by atoms with E-state index in [1.54, 1.807) is 36.6 Å². The van der Waals surface area contributed by atoms with Gasteiger partial charge >= 0.3 is 0 Å². The van der Waals surface area contributed by atoms with E-state index in [0.29, 0.717) is 16.5 Å². The molecule has 1 N–H and O–H groups in total. The number of hydrogen-bond acceptors (Lipinski definition) is 8. The minimum atomic E-state index is -0.358. The molecule has 0 unspecified atom stereocenters. The molecule has 0 bridgehead atoms. The highest BCUT2D eigenvalue weighted by Crippen LogP contribution is 2.16. The topological polar surface area (TPSA) is 106 Å². The number of anilines is 1. The number of benzene rings is 1. The number of nitrogens with zero attached hydrogens (tertiary/aromatic N) is 5. The molecule has 1 heterocycles. The summed E-state index contributed by atoms with van der Waals surface area (Å²) >= 11 is 1.31. The smallest absolute Gasteiger partial charge is 0.256 e. The fourth-order valence-corrected chi connectivity index (χ4v) is 2.18. The van der Waals surface area contributed by atoms with Gasteiger partial charge in [-0.2, -0.15) is 15.6 Å². The van der Waals surface area contributed by atoms with Crippen molar-refractivity contribution in [3.05, 3.63) is 46.7 Å². The van der Waals surface area contributed by atoms with E-state index in [9.17, 15) is 4.39 Å². The highest BCUT2D eigenvalue weighted by atomic mass is 32.1. The second-order valence-electron chi connectivity index (χ2n) is 4.40. The van der Waals surface area contributed by atoms with Crippen molar-refractivity contribution >= 4 is 27.9 Å². The van der Waals surface area contributed by atoms with Crippen LogP contribution in [0.5, 0.6) is 0 Å². The number of nitriles is 2.